The molecule has 6 heteroatoms. The molecule has 0 bridgehead atoms. The summed E-state index contributed by atoms with van der Waals surface area (Å²) in [6.07, 6.45) is 2.98. The average Bonchev–Trinajstić information content (AvgIpc) is 3.16. The average molecular weight is 369 g/mol. The Labute approximate surface area is 160 Å². The number of oxazole rings is 1. The van der Waals surface area contributed by atoms with Crippen LogP contribution in [0.4, 0.5) is 0 Å². The molecule has 1 aromatic heterocycles. The highest BCUT2D eigenvalue weighted by Crippen LogP contribution is 2.36. The number of nitrogens with zero attached hydrogens (tertiary/aromatic N) is 3. The van der Waals surface area contributed by atoms with E-state index in [9.17, 15) is 9.59 Å². The largest absolute Gasteiger partial charge is 0.447 e. The quantitative estimate of drug-likeness (QED) is 0.783. The molecular formula is C21H27N3O3. The van der Waals surface area contributed by atoms with Crippen LogP contribution in [0, 0.1) is 0 Å². The maximum Gasteiger partial charge on any atom is 0.275 e. The number of benzene rings is 1. The molecule has 0 unspecified atom stereocenters. The van der Waals surface area contributed by atoms with Crippen LogP contribution in [0.3, 0.4) is 0 Å². The minimum atomic E-state index is -0.403. The van der Waals surface area contributed by atoms with Crippen molar-refractivity contribution in [2.24, 2.45) is 0 Å². The molecule has 0 N–H and O–H groups in total. The number of ketones is 1. The lowest BCUT2D eigenvalue weighted by atomic mass is 9.70. The molecule has 0 atom stereocenters. The molecule has 1 aliphatic rings. The molecule has 1 amide bonds. The van der Waals surface area contributed by atoms with Crippen LogP contribution in [-0.4, -0.2) is 53.2 Å². The molecule has 0 spiro atoms. The second-order valence-electron chi connectivity index (χ2n) is 7.23. The van der Waals surface area contributed by atoms with E-state index in [0.29, 0.717) is 24.7 Å². The van der Waals surface area contributed by atoms with Crippen molar-refractivity contribution in [3.05, 3.63) is 53.7 Å². The summed E-state index contributed by atoms with van der Waals surface area (Å²) in [5, 5.41) is 0. The zero-order chi connectivity index (χ0) is 19.4. The van der Waals surface area contributed by atoms with Crippen LogP contribution in [0.5, 0.6) is 0 Å². The van der Waals surface area contributed by atoms with E-state index >= 15 is 0 Å². The molecule has 2 heterocycles. The van der Waals surface area contributed by atoms with Gasteiger partial charge in [0.1, 0.15) is 12.0 Å². The van der Waals surface area contributed by atoms with Crippen LogP contribution in [0.1, 0.15) is 48.6 Å². The van der Waals surface area contributed by atoms with Crippen LogP contribution in [0.15, 0.2) is 41.0 Å². The maximum atomic E-state index is 12.5. The first-order chi connectivity index (χ1) is 13.0. The van der Waals surface area contributed by atoms with Crippen LogP contribution in [0.2, 0.25) is 0 Å². The Bertz CT molecular complexity index is 792. The van der Waals surface area contributed by atoms with Gasteiger partial charge in [0.2, 0.25) is 5.89 Å². The molecule has 27 heavy (non-hydrogen) atoms. The van der Waals surface area contributed by atoms with Gasteiger partial charge in [-0.2, -0.15) is 0 Å². The summed E-state index contributed by atoms with van der Waals surface area (Å²) < 4.78 is 5.50. The zero-order valence-corrected chi connectivity index (χ0v) is 16.3. The second-order valence-corrected chi connectivity index (χ2v) is 7.23. The van der Waals surface area contributed by atoms with Gasteiger partial charge in [0.05, 0.1) is 12.0 Å². The summed E-state index contributed by atoms with van der Waals surface area (Å²) in [4.78, 5) is 32.8. The highest BCUT2D eigenvalue weighted by atomic mass is 16.3. The highest BCUT2D eigenvalue weighted by Gasteiger charge is 2.40. The molecule has 1 aliphatic heterocycles. The van der Waals surface area contributed by atoms with Crippen molar-refractivity contribution in [3.63, 3.8) is 0 Å². The number of rotatable bonds is 6. The third-order valence-corrected chi connectivity index (χ3v) is 5.66. The summed E-state index contributed by atoms with van der Waals surface area (Å²) in [6.45, 7) is 6.36. The van der Waals surface area contributed by atoms with Crippen molar-refractivity contribution >= 4 is 11.7 Å². The molecule has 144 valence electrons. The van der Waals surface area contributed by atoms with Gasteiger partial charge in [-0.3, -0.25) is 14.5 Å². The van der Waals surface area contributed by atoms with Crippen LogP contribution in [0.25, 0.3) is 0 Å². The number of hydrogen-bond acceptors (Lipinski definition) is 5. The van der Waals surface area contributed by atoms with E-state index in [-0.39, 0.29) is 11.7 Å². The first-order valence-corrected chi connectivity index (χ1v) is 9.45. The van der Waals surface area contributed by atoms with Gasteiger partial charge >= 0.3 is 0 Å². The van der Waals surface area contributed by atoms with Crippen molar-refractivity contribution in [3.8, 4) is 0 Å². The van der Waals surface area contributed by atoms with Gasteiger partial charge in [0.15, 0.2) is 5.69 Å². The molecule has 0 aliphatic carbocycles. The van der Waals surface area contributed by atoms with Gasteiger partial charge in [-0.1, -0.05) is 30.3 Å². The number of aromatic nitrogens is 1. The third kappa shape index (κ3) is 3.95. The fraction of sp³-hybridized carbons (Fsp3) is 0.476. The Morgan fingerprint density at radius 2 is 1.89 bits per heavy atom. The Hall–Kier alpha value is -2.47. The van der Waals surface area contributed by atoms with Gasteiger partial charge in [-0.25, -0.2) is 4.98 Å². The predicted octanol–water partition coefficient (Wildman–Crippen LogP) is 2.89. The molecule has 1 aromatic carbocycles. The molecule has 2 aromatic rings. The molecule has 3 rings (SSSR count). The van der Waals surface area contributed by atoms with Gasteiger partial charge in [0, 0.05) is 13.6 Å². The molecule has 0 saturated carbocycles. The number of piperidine rings is 1. The fourth-order valence-electron chi connectivity index (χ4n) is 3.71. The lowest BCUT2D eigenvalue weighted by Gasteiger charge is -2.40. The van der Waals surface area contributed by atoms with Gasteiger partial charge in [-0.05, 0) is 45.3 Å². The smallest absolute Gasteiger partial charge is 0.275 e. The Morgan fingerprint density at radius 3 is 2.48 bits per heavy atom. The summed E-state index contributed by atoms with van der Waals surface area (Å²) in [5.41, 5.74) is 1.04. The monoisotopic (exact) mass is 369 g/mol. The number of amides is 1. The summed E-state index contributed by atoms with van der Waals surface area (Å²) >= 11 is 0. The lowest BCUT2D eigenvalue weighted by Crippen LogP contribution is -2.46. The molecule has 6 nitrogen and oxygen atoms in total. The van der Waals surface area contributed by atoms with Gasteiger partial charge in [0.25, 0.3) is 5.91 Å². The SMILES string of the molecule is CCN(C)C(=O)c1coc(CN2CCC(C(C)=O)(c3ccccc3)CC2)n1. The number of likely N-dealkylation sites (tertiary alicyclic amines) is 1. The minimum Gasteiger partial charge on any atom is -0.447 e. The molecule has 1 fully saturated rings. The van der Waals surface area contributed by atoms with E-state index in [2.05, 4.69) is 9.88 Å². The predicted molar refractivity (Wildman–Crippen MR) is 102 cm³/mol. The van der Waals surface area contributed by atoms with Crippen molar-refractivity contribution in [1.29, 1.82) is 0 Å². The Morgan fingerprint density at radius 1 is 1.22 bits per heavy atom. The van der Waals surface area contributed by atoms with E-state index in [1.165, 1.54) is 6.26 Å². The minimum absolute atomic E-state index is 0.134. The zero-order valence-electron chi connectivity index (χ0n) is 16.3. The van der Waals surface area contributed by atoms with Crippen molar-refractivity contribution < 1.29 is 14.0 Å². The topological polar surface area (TPSA) is 66.7 Å². The maximum absolute atomic E-state index is 12.5. The van der Waals surface area contributed by atoms with Gasteiger partial charge in [-0.15, -0.1) is 0 Å². The van der Waals surface area contributed by atoms with Crippen LogP contribution >= 0.6 is 0 Å². The van der Waals surface area contributed by atoms with Crippen LogP contribution < -0.4 is 0 Å². The summed E-state index contributed by atoms with van der Waals surface area (Å²) in [7, 11) is 1.74. The number of hydrogen-bond donors (Lipinski definition) is 0. The lowest BCUT2D eigenvalue weighted by molar-refractivity contribution is -0.124. The molecule has 1 saturated heterocycles. The van der Waals surface area contributed by atoms with Crippen molar-refractivity contribution in [2.45, 2.75) is 38.6 Å². The summed E-state index contributed by atoms with van der Waals surface area (Å²) in [6, 6.07) is 10.1. The summed E-state index contributed by atoms with van der Waals surface area (Å²) in [5.74, 6) is 0.628. The number of carbonyl (C=O) groups is 2. The standard InChI is InChI=1S/C21H27N3O3/c1-4-23(3)20(26)18-15-27-19(22-18)14-24-12-10-21(11-13-24,16(2)25)17-8-6-5-7-9-17/h5-9,15H,4,10-14H2,1-3H3. The van der Waals surface area contributed by atoms with E-state index in [0.717, 1.165) is 31.5 Å². The number of Topliss-reactive ketones (excluding diaryl/α,β-unsaturated/α-hetero) is 1. The number of carbonyl (C=O) groups excluding carboxylic acids is 2. The first-order valence-electron chi connectivity index (χ1n) is 9.45. The van der Waals surface area contributed by atoms with E-state index in [1.807, 2.05) is 37.3 Å². The highest BCUT2D eigenvalue weighted by molar-refractivity contribution is 5.91. The van der Waals surface area contributed by atoms with E-state index in [1.54, 1.807) is 18.9 Å². The Balaban J connectivity index is 1.65. The van der Waals surface area contributed by atoms with Crippen molar-refractivity contribution in [1.82, 2.24) is 14.8 Å². The second kappa shape index (κ2) is 8.05. The van der Waals surface area contributed by atoms with E-state index < -0.39 is 5.41 Å². The third-order valence-electron chi connectivity index (χ3n) is 5.66. The Kier molecular flexibility index (Phi) is 5.75. The van der Waals surface area contributed by atoms with E-state index in [4.69, 9.17) is 4.42 Å². The molecule has 0 radical (unpaired) electrons. The van der Waals surface area contributed by atoms with Gasteiger partial charge < -0.3 is 9.32 Å². The molecular weight excluding hydrogens is 342 g/mol. The first kappa shape index (κ1) is 19.3. The van der Waals surface area contributed by atoms with Crippen molar-refractivity contribution in [2.75, 3.05) is 26.7 Å². The normalized spacial score (nSPS) is 16.9. The fourth-order valence-corrected chi connectivity index (χ4v) is 3.71. The van der Waals surface area contributed by atoms with Crippen LogP contribution in [-0.2, 0) is 16.8 Å².